The molecule has 0 atom stereocenters. The van der Waals surface area contributed by atoms with Gasteiger partial charge in [0.2, 0.25) is 0 Å². The zero-order valence-corrected chi connectivity index (χ0v) is 15.7. The molecule has 0 radical (unpaired) electrons. The van der Waals surface area contributed by atoms with Gasteiger partial charge in [-0.3, -0.25) is 4.79 Å². The van der Waals surface area contributed by atoms with Crippen LogP contribution in [0.15, 0.2) is 45.3 Å². The fourth-order valence-electron chi connectivity index (χ4n) is 1.85. The lowest BCUT2D eigenvalue weighted by Gasteiger charge is -2.11. The van der Waals surface area contributed by atoms with Gasteiger partial charge in [-0.15, -0.1) is 0 Å². The molecule has 7 heteroatoms. The Labute approximate surface area is 151 Å². The Balaban J connectivity index is 1.97. The summed E-state index contributed by atoms with van der Waals surface area (Å²) in [6.45, 7) is -0.103. The molecule has 0 fully saturated rings. The van der Waals surface area contributed by atoms with Crippen LogP contribution in [0.5, 0.6) is 17.2 Å². The maximum atomic E-state index is 12.0. The lowest BCUT2D eigenvalue weighted by Crippen LogP contribution is -2.20. The summed E-state index contributed by atoms with van der Waals surface area (Å²) in [5, 5.41) is 2.74. The standard InChI is InChI=1S/C16H15Br2NO4/c1-21-14-6-4-11(8-15(14)22-2)19-16(20)9-23-13-5-3-10(17)7-12(13)18/h3-8H,9H2,1-2H3,(H,19,20). The normalized spacial score (nSPS) is 10.1. The van der Waals surface area contributed by atoms with Gasteiger partial charge in [0.05, 0.1) is 18.7 Å². The number of anilines is 1. The van der Waals surface area contributed by atoms with Crippen LogP contribution in [0.1, 0.15) is 0 Å². The molecule has 0 saturated heterocycles. The van der Waals surface area contributed by atoms with Gasteiger partial charge in [-0.05, 0) is 46.3 Å². The number of carbonyl (C=O) groups excluding carboxylic acids is 1. The number of ether oxygens (including phenoxy) is 3. The summed E-state index contributed by atoms with van der Waals surface area (Å²) >= 11 is 6.74. The van der Waals surface area contributed by atoms with Crippen LogP contribution in [0.3, 0.4) is 0 Å². The summed E-state index contributed by atoms with van der Waals surface area (Å²) in [4.78, 5) is 12.0. The van der Waals surface area contributed by atoms with E-state index in [1.54, 1.807) is 31.4 Å². The van der Waals surface area contributed by atoms with Crippen molar-refractivity contribution in [2.45, 2.75) is 0 Å². The highest BCUT2D eigenvalue weighted by molar-refractivity contribution is 9.11. The van der Waals surface area contributed by atoms with Crippen molar-refractivity contribution in [3.8, 4) is 17.2 Å². The quantitative estimate of drug-likeness (QED) is 0.723. The van der Waals surface area contributed by atoms with Crippen molar-refractivity contribution in [3.05, 3.63) is 45.3 Å². The van der Waals surface area contributed by atoms with Gasteiger partial charge < -0.3 is 19.5 Å². The maximum Gasteiger partial charge on any atom is 0.262 e. The van der Waals surface area contributed by atoms with E-state index in [0.29, 0.717) is 22.9 Å². The molecule has 0 bridgehead atoms. The van der Waals surface area contributed by atoms with Crippen molar-refractivity contribution in [2.24, 2.45) is 0 Å². The third-order valence-corrected chi connectivity index (χ3v) is 4.03. The van der Waals surface area contributed by atoms with Crippen molar-refractivity contribution in [1.29, 1.82) is 0 Å². The van der Waals surface area contributed by atoms with Crippen LogP contribution in [0.4, 0.5) is 5.69 Å². The summed E-state index contributed by atoms with van der Waals surface area (Å²) in [6.07, 6.45) is 0. The topological polar surface area (TPSA) is 56.8 Å². The predicted octanol–water partition coefficient (Wildman–Crippen LogP) is 4.25. The molecule has 23 heavy (non-hydrogen) atoms. The first-order chi connectivity index (χ1) is 11.0. The van der Waals surface area contributed by atoms with Gasteiger partial charge in [0, 0.05) is 16.2 Å². The summed E-state index contributed by atoms with van der Waals surface area (Å²) in [6, 6.07) is 10.6. The van der Waals surface area contributed by atoms with Crippen molar-refractivity contribution in [2.75, 3.05) is 26.1 Å². The second-order valence-electron chi connectivity index (χ2n) is 4.48. The van der Waals surface area contributed by atoms with E-state index in [0.717, 1.165) is 8.95 Å². The van der Waals surface area contributed by atoms with E-state index >= 15 is 0 Å². The largest absolute Gasteiger partial charge is 0.493 e. The van der Waals surface area contributed by atoms with Gasteiger partial charge in [0.1, 0.15) is 5.75 Å². The lowest BCUT2D eigenvalue weighted by atomic mass is 10.2. The second-order valence-corrected chi connectivity index (χ2v) is 6.25. The van der Waals surface area contributed by atoms with E-state index in [2.05, 4.69) is 37.2 Å². The Bertz CT molecular complexity index is 706. The van der Waals surface area contributed by atoms with E-state index in [-0.39, 0.29) is 12.5 Å². The number of hydrogen-bond donors (Lipinski definition) is 1. The van der Waals surface area contributed by atoms with Crippen LogP contribution in [-0.4, -0.2) is 26.7 Å². The zero-order chi connectivity index (χ0) is 16.8. The fraction of sp³-hybridized carbons (Fsp3) is 0.188. The average molecular weight is 445 g/mol. The lowest BCUT2D eigenvalue weighted by molar-refractivity contribution is -0.118. The maximum absolute atomic E-state index is 12.0. The summed E-state index contributed by atoms with van der Waals surface area (Å²) in [7, 11) is 3.09. The molecule has 5 nitrogen and oxygen atoms in total. The molecular weight excluding hydrogens is 430 g/mol. The van der Waals surface area contributed by atoms with Gasteiger partial charge in [0.25, 0.3) is 5.91 Å². The molecule has 2 aromatic carbocycles. The molecule has 0 spiro atoms. The van der Waals surface area contributed by atoms with Crippen LogP contribution in [0, 0.1) is 0 Å². The zero-order valence-electron chi connectivity index (χ0n) is 12.6. The molecule has 0 aromatic heterocycles. The van der Waals surface area contributed by atoms with Crippen LogP contribution in [0.2, 0.25) is 0 Å². The molecule has 0 heterocycles. The Morgan fingerprint density at radius 2 is 1.70 bits per heavy atom. The van der Waals surface area contributed by atoms with Gasteiger partial charge in [-0.1, -0.05) is 15.9 Å². The molecule has 0 aliphatic heterocycles. The highest BCUT2D eigenvalue weighted by Gasteiger charge is 2.09. The van der Waals surface area contributed by atoms with Crippen LogP contribution in [-0.2, 0) is 4.79 Å². The summed E-state index contributed by atoms with van der Waals surface area (Å²) in [5.41, 5.74) is 0.603. The number of methoxy groups -OCH3 is 2. The van der Waals surface area contributed by atoms with E-state index < -0.39 is 0 Å². The van der Waals surface area contributed by atoms with Gasteiger partial charge >= 0.3 is 0 Å². The molecule has 2 aromatic rings. The Hall–Kier alpha value is -1.73. The van der Waals surface area contributed by atoms with Gasteiger partial charge in [0.15, 0.2) is 18.1 Å². The predicted molar refractivity (Wildman–Crippen MR) is 95.5 cm³/mol. The minimum absolute atomic E-state index is 0.103. The number of benzene rings is 2. The number of rotatable bonds is 6. The smallest absolute Gasteiger partial charge is 0.262 e. The number of carbonyl (C=O) groups is 1. The van der Waals surface area contributed by atoms with Crippen molar-refractivity contribution in [1.82, 2.24) is 0 Å². The number of hydrogen-bond acceptors (Lipinski definition) is 4. The number of halogens is 2. The molecule has 0 aliphatic rings. The third kappa shape index (κ3) is 4.87. The minimum Gasteiger partial charge on any atom is -0.493 e. The monoisotopic (exact) mass is 443 g/mol. The average Bonchev–Trinajstić information content (AvgIpc) is 2.54. The van der Waals surface area contributed by atoms with E-state index in [1.165, 1.54) is 7.11 Å². The Morgan fingerprint density at radius 3 is 2.35 bits per heavy atom. The first-order valence-corrected chi connectivity index (χ1v) is 8.22. The minimum atomic E-state index is -0.271. The molecule has 0 unspecified atom stereocenters. The van der Waals surface area contributed by atoms with Crippen molar-refractivity contribution >= 4 is 43.5 Å². The van der Waals surface area contributed by atoms with Crippen LogP contribution >= 0.6 is 31.9 Å². The van der Waals surface area contributed by atoms with E-state index in [1.807, 2.05) is 12.1 Å². The Morgan fingerprint density at radius 1 is 1.00 bits per heavy atom. The molecular formula is C16H15Br2NO4. The molecule has 0 saturated carbocycles. The second kappa shape index (κ2) is 8.21. The molecule has 0 aliphatic carbocycles. The van der Waals surface area contributed by atoms with E-state index in [4.69, 9.17) is 14.2 Å². The molecule has 2 rings (SSSR count). The molecule has 1 N–H and O–H groups in total. The van der Waals surface area contributed by atoms with Crippen molar-refractivity contribution < 1.29 is 19.0 Å². The van der Waals surface area contributed by atoms with Crippen LogP contribution < -0.4 is 19.5 Å². The summed E-state index contributed by atoms with van der Waals surface area (Å²) in [5.74, 6) is 1.46. The molecule has 1 amide bonds. The summed E-state index contributed by atoms with van der Waals surface area (Å²) < 4.78 is 17.5. The van der Waals surface area contributed by atoms with Crippen molar-refractivity contribution in [3.63, 3.8) is 0 Å². The number of nitrogens with one attached hydrogen (secondary N) is 1. The Kier molecular flexibility index (Phi) is 6.29. The van der Waals surface area contributed by atoms with Crippen LogP contribution in [0.25, 0.3) is 0 Å². The van der Waals surface area contributed by atoms with E-state index in [9.17, 15) is 4.79 Å². The first-order valence-electron chi connectivity index (χ1n) is 6.63. The third-order valence-electron chi connectivity index (χ3n) is 2.92. The first kappa shape index (κ1) is 17.6. The SMILES string of the molecule is COc1ccc(NC(=O)COc2ccc(Br)cc2Br)cc1OC. The highest BCUT2D eigenvalue weighted by Crippen LogP contribution is 2.30. The highest BCUT2D eigenvalue weighted by atomic mass is 79.9. The van der Waals surface area contributed by atoms with Gasteiger partial charge in [-0.2, -0.15) is 0 Å². The number of amides is 1. The van der Waals surface area contributed by atoms with Gasteiger partial charge in [-0.25, -0.2) is 0 Å². The fourth-order valence-corrected chi connectivity index (χ4v) is 3.01. The molecule has 122 valence electrons.